The quantitative estimate of drug-likeness (QED) is 0.267. The highest BCUT2D eigenvalue weighted by Crippen LogP contribution is 2.13. The van der Waals surface area contributed by atoms with Crippen molar-refractivity contribution in [3.63, 3.8) is 0 Å². The minimum atomic E-state index is -6.00. The number of alkyl halides is 1. The van der Waals surface area contributed by atoms with E-state index in [-0.39, 0.29) is 17.4 Å². The van der Waals surface area contributed by atoms with Crippen molar-refractivity contribution >= 4 is 34.8 Å². The molecule has 110 valence electrons. The third-order valence-electron chi connectivity index (χ3n) is 1.76. The van der Waals surface area contributed by atoms with E-state index in [0.717, 1.165) is 5.56 Å². The number of diazo groups is 1. The molecule has 4 nitrogen and oxygen atoms in total. The SMILES string of the molecule is CC(Br)C(=O)OCc1ccc([N+]#N)cc1.F[B-](F)(F)F. The number of esters is 1. The molecule has 0 spiro atoms. The van der Waals surface area contributed by atoms with Crippen molar-refractivity contribution in [2.24, 2.45) is 0 Å². The number of hydrogen-bond donors (Lipinski definition) is 0. The molecule has 0 aliphatic heterocycles. The normalized spacial score (nSPS) is 11.7. The van der Waals surface area contributed by atoms with E-state index >= 15 is 0 Å². The fourth-order valence-electron chi connectivity index (χ4n) is 0.928. The maximum Gasteiger partial charge on any atom is 0.673 e. The maximum absolute atomic E-state index is 11.1. The van der Waals surface area contributed by atoms with Gasteiger partial charge in [-0.05, 0) is 24.6 Å². The monoisotopic (exact) mass is 356 g/mol. The topological polar surface area (TPSA) is 54.5 Å². The molecule has 1 aromatic rings. The molecule has 0 radical (unpaired) electrons. The lowest BCUT2D eigenvalue weighted by atomic mass is 10.2. The van der Waals surface area contributed by atoms with Gasteiger partial charge in [0.15, 0.2) is 4.98 Å². The average Bonchev–Trinajstić information content (AvgIpc) is 2.34. The number of carbonyl (C=O) groups is 1. The number of halogens is 5. The van der Waals surface area contributed by atoms with E-state index in [1.165, 1.54) is 0 Å². The molecular formula is C10H10BBrF4N2O2. The van der Waals surface area contributed by atoms with E-state index in [9.17, 15) is 22.1 Å². The van der Waals surface area contributed by atoms with Gasteiger partial charge in [0.1, 0.15) is 11.4 Å². The van der Waals surface area contributed by atoms with Crippen LogP contribution in [0.4, 0.5) is 23.0 Å². The Morgan fingerprint density at radius 1 is 1.35 bits per heavy atom. The predicted octanol–water partition coefficient (Wildman–Crippen LogP) is 4.30. The summed E-state index contributed by atoms with van der Waals surface area (Å²) in [7, 11) is -6.00. The van der Waals surface area contributed by atoms with Crippen LogP contribution in [0.3, 0.4) is 0 Å². The third kappa shape index (κ3) is 10.3. The van der Waals surface area contributed by atoms with Crippen LogP contribution in [0.2, 0.25) is 0 Å². The maximum atomic E-state index is 11.1. The van der Waals surface area contributed by atoms with Crippen molar-refractivity contribution in [1.82, 2.24) is 0 Å². The number of benzene rings is 1. The van der Waals surface area contributed by atoms with Gasteiger partial charge >= 0.3 is 18.9 Å². The third-order valence-corrected chi connectivity index (χ3v) is 2.13. The molecule has 1 rings (SSSR count). The molecule has 0 amide bonds. The molecule has 0 aliphatic carbocycles. The van der Waals surface area contributed by atoms with E-state index in [1.54, 1.807) is 31.2 Å². The van der Waals surface area contributed by atoms with E-state index < -0.39 is 7.25 Å². The van der Waals surface area contributed by atoms with E-state index in [0.29, 0.717) is 5.69 Å². The zero-order chi connectivity index (χ0) is 15.8. The predicted molar refractivity (Wildman–Crippen MR) is 69.6 cm³/mol. The highest BCUT2D eigenvalue weighted by atomic mass is 79.9. The van der Waals surface area contributed by atoms with Crippen molar-refractivity contribution in [1.29, 1.82) is 5.39 Å². The van der Waals surface area contributed by atoms with Gasteiger partial charge in [0, 0.05) is 12.1 Å². The zero-order valence-electron chi connectivity index (χ0n) is 10.3. The molecule has 10 heteroatoms. The molecule has 20 heavy (non-hydrogen) atoms. The molecule has 0 heterocycles. The Morgan fingerprint density at radius 3 is 2.15 bits per heavy atom. The minimum Gasteiger partial charge on any atom is -0.460 e. The first-order valence-electron chi connectivity index (χ1n) is 5.25. The Kier molecular flexibility index (Phi) is 7.83. The van der Waals surface area contributed by atoms with Crippen LogP contribution in [-0.2, 0) is 16.1 Å². The van der Waals surface area contributed by atoms with Gasteiger partial charge in [0.25, 0.3) is 0 Å². The molecule has 1 atom stereocenters. The van der Waals surface area contributed by atoms with Gasteiger partial charge in [-0.25, -0.2) is 0 Å². The molecule has 0 fully saturated rings. The van der Waals surface area contributed by atoms with Crippen LogP contribution in [0, 0.1) is 5.39 Å². The number of ether oxygens (including phenoxy) is 1. The summed E-state index contributed by atoms with van der Waals surface area (Å²) in [6, 6.07) is 6.75. The Bertz CT molecular complexity index is 468. The standard InChI is InChI=1S/C10H10BrN2O2.BF4/c1-7(11)10(14)15-6-8-2-4-9(13-12)5-3-8;2-1(3,4)5/h2-5,7H,6H2,1H3;/q+1;-1. The molecule has 0 saturated heterocycles. The van der Waals surface area contributed by atoms with Gasteiger partial charge in [-0.3, -0.25) is 4.79 Å². The molecule has 0 N–H and O–H groups in total. The number of carbonyl (C=O) groups excluding carboxylic acids is 1. The smallest absolute Gasteiger partial charge is 0.460 e. The van der Waals surface area contributed by atoms with Gasteiger partial charge < -0.3 is 22.0 Å². The lowest BCUT2D eigenvalue weighted by Crippen LogP contribution is -2.13. The molecule has 0 saturated carbocycles. The first kappa shape index (κ1) is 18.4. The van der Waals surface area contributed by atoms with Gasteiger partial charge in [-0.2, -0.15) is 0 Å². The summed E-state index contributed by atoms with van der Waals surface area (Å²) in [5, 5.41) is 8.45. The first-order chi connectivity index (χ1) is 9.13. The van der Waals surface area contributed by atoms with Crippen molar-refractivity contribution in [2.45, 2.75) is 18.4 Å². The van der Waals surface area contributed by atoms with Crippen LogP contribution in [0.25, 0.3) is 4.98 Å². The Balaban J connectivity index is 0.000000621. The van der Waals surface area contributed by atoms with Crippen LogP contribution in [0.15, 0.2) is 24.3 Å². The van der Waals surface area contributed by atoms with Crippen LogP contribution in [0.1, 0.15) is 12.5 Å². The summed E-state index contributed by atoms with van der Waals surface area (Å²) in [5.41, 5.74) is 1.32. The van der Waals surface area contributed by atoms with E-state index in [2.05, 4.69) is 20.9 Å². The summed E-state index contributed by atoms with van der Waals surface area (Å²) >= 11 is 3.11. The first-order valence-corrected chi connectivity index (χ1v) is 6.17. The molecule has 0 bridgehead atoms. The summed E-state index contributed by atoms with van der Waals surface area (Å²) in [6.07, 6.45) is 0. The second kappa shape index (κ2) is 8.53. The molecule has 1 aromatic carbocycles. The van der Waals surface area contributed by atoms with Crippen LogP contribution in [0.5, 0.6) is 0 Å². The van der Waals surface area contributed by atoms with E-state index in [4.69, 9.17) is 10.1 Å². The highest BCUT2D eigenvalue weighted by Gasteiger charge is 2.20. The molecule has 1 unspecified atom stereocenters. The Labute approximate surface area is 121 Å². The fourth-order valence-corrected chi connectivity index (χ4v) is 1.06. The van der Waals surface area contributed by atoms with Crippen molar-refractivity contribution in [2.75, 3.05) is 0 Å². The average molecular weight is 357 g/mol. The summed E-state index contributed by atoms with van der Waals surface area (Å²) in [5.74, 6) is -0.300. The highest BCUT2D eigenvalue weighted by molar-refractivity contribution is 9.10. The molecule has 0 aromatic heterocycles. The van der Waals surface area contributed by atoms with Gasteiger partial charge in [-0.1, -0.05) is 15.9 Å². The Morgan fingerprint density at radius 2 is 1.80 bits per heavy atom. The number of rotatable bonds is 3. The van der Waals surface area contributed by atoms with E-state index in [1.807, 2.05) is 0 Å². The van der Waals surface area contributed by atoms with Gasteiger partial charge in [0.05, 0.1) is 0 Å². The summed E-state index contributed by atoms with van der Waals surface area (Å²) in [4.78, 5) is 13.8. The van der Waals surface area contributed by atoms with Crippen molar-refractivity contribution < 1.29 is 26.8 Å². The number of nitrogens with zero attached hydrogens (tertiary/aromatic N) is 2. The van der Waals surface area contributed by atoms with Crippen LogP contribution in [-0.4, -0.2) is 18.1 Å². The van der Waals surface area contributed by atoms with Crippen LogP contribution < -0.4 is 0 Å². The second-order valence-electron chi connectivity index (χ2n) is 3.49. The second-order valence-corrected chi connectivity index (χ2v) is 4.86. The zero-order valence-corrected chi connectivity index (χ0v) is 11.9. The van der Waals surface area contributed by atoms with Crippen molar-refractivity contribution in [3.05, 3.63) is 34.8 Å². The van der Waals surface area contributed by atoms with Crippen molar-refractivity contribution in [3.8, 4) is 0 Å². The lowest BCUT2D eigenvalue weighted by Gasteiger charge is -2.05. The van der Waals surface area contributed by atoms with Crippen LogP contribution >= 0.6 is 15.9 Å². The fraction of sp³-hybridized carbons (Fsp3) is 0.300. The summed E-state index contributed by atoms with van der Waals surface area (Å²) in [6.45, 7) is 1.93. The van der Waals surface area contributed by atoms with Gasteiger partial charge in [0.2, 0.25) is 5.39 Å². The van der Waals surface area contributed by atoms with Gasteiger partial charge in [-0.15, -0.1) is 0 Å². The number of hydrogen-bond acceptors (Lipinski definition) is 3. The Hall–Kier alpha value is -1.63. The minimum absolute atomic E-state index is 0.223. The summed E-state index contributed by atoms with van der Waals surface area (Å²) < 4.78 is 44.0. The molecular weight excluding hydrogens is 347 g/mol. The largest absolute Gasteiger partial charge is 0.673 e. The molecule has 0 aliphatic rings. The lowest BCUT2D eigenvalue weighted by molar-refractivity contribution is -0.143.